The molecule has 0 bridgehead atoms. The Hall–Kier alpha value is -4.41. The molecule has 1 saturated carbocycles. The van der Waals surface area contributed by atoms with Crippen molar-refractivity contribution in [3.63, 3.8) is 0 Å². The molecule has 5 atom stereocenters. The largest absolute Gasteiger partial charge is 0.508 e. The quantitative estimate of drug-likeness (QED) is 0.311. The number of phenolic OH excluding ortho intramolecular Hbond substituents is 1. The van der Waals surface area contributed by atoms with Gasteiger partial charge in [-0.05, 0) is 56.1 Å². The first-order valence-electron chi connectivity index (χ1n) is 12.9. The van der Waals surface area contributed by atoms with Gasteiger partial charge in [-0.15, -0.1) is 0 Å². The van der Waals surface area contributed by atoms with Gasteiger partial charge in [0.05, 0.1) is 17.2 Å². The van der Waals surface area contributed by atoms with Gasteiger partial charge in [0.15, 0.2) is 11.4 Å². The molecule has 10 heteroatoms. The molecule has 0 saturated heterocycles. The number of aromatic hydroxyl groups is 1. The number of Topliss-reactive ketones (excluding diaryl/α,β-unsaturated/α-hetero) is 2. The zero-order chi connectivity index (χ0) is 28.8. The first-order valence-corrected chi connectivity index (χ1v) is 12.9. The average molecular weight is 545 g/mol. The molecule has 10 nitrogen and oxygen atoms in total. The molecule has 0 spiro atoms. The predicted octanol–water partition coefficient (Wildman–Crippen LogP) is 2.94. The van der Waals surface area contributed by atoms with Gasteiger partial charge in [-0.3, -0.25) is 19.3 Å². The van der Waals surface area contributed by atoms with E-state index in [9.17, 15) is 34.8 Å². The molecular formula is C30H28N2O8. The van der Waals surface area contributed by atoms with Crippen molar-refractivity contribution in [2.45, 2.75) is 30.9 Å². The van der Waals surface area contributed by atoms with Gasteiger partial charge < -0.3 is 30.6 Å². The average Bonchev–Trinajstić information content (AvgIpc) is 3.32. The summed E-state index contributed by atoms with van der Waals surface area (Å²) in [6.45, 7) is 1.83. The number of amides is 1. The number of hydrogen-bond acceptors (Lipinski definition) is 9. The number of hydrogen-bond donors (Lipinski definition) is 5. The number of rotatable bonds is 3. The number of aliphatic hydroxyl groups is 3. The van der Waals surface area contributed by atoms with Crippen LogP contribution in [-0.4, -0.2) is 68.5 Å². The van der Waals surface area contributed by atoms with Gasteiger partial charge in [0.2, 0.25) is 5.78 Å². The Kier molecular flexibility index (Phi) is 5.52. The van der Waals surface area contributed by atoms with E-state index >= 15 is 0 Å². The molecule has 3 aliphatic rings. The van der Waals surface area contributed by atoms with Crippen LogP contribution < -0.4 is 5.73 Å². The summed E-state index contributed by atoms with van der Waals surface area (Å²) >= 11 is 0. The maximum atomic E-state index is 14.1. The van der Waals surface area contributed by atoms with Crippen molar-refractivity contribution in [2.24, 2.45) is 17.6 Å². The van der Waals surface area contributed by atoms with Crippen LogP contribution in [0.5, 0.6) is 5.75 Å². The molecule has 40 heavy (non-hydrogen) atoms. The molecule has 1 fully saturated rings. The molecule has 3 aromatic rings. The van der Waals surface area contributed by atoms with Crippen molar-refractivity contribution in [1.29, 1.82) is 0 Å². The number of para-hydroxylation sites is 1. The van der Waals surface area contributed by atoms with Crippen LogP contribution in [-0.2, 0) is 14.4 Å². The molecule has 5 unspecified atom stereocenters. The molecule has 0 aliphatic heterocycles. The maximum Gasteiger partial charge on any atom is 0.255 e. The van der Waals surface area contributed by atoms with Crippen molar-refractivity contribution in [2.75, 3.05) is 14.1 Å². The fourth-order valence-corrected chi connectivity index (χ4v) is 6.85. The Labute approximate surface area is 228 Å². The van der Waals surface area contributed by atoms with Crippen molar-refractivity contribution < 1.29 is 39.2 Å². The Bertz CT molecular complexity index is 1680. The molecule has 3 aliphatic carbocycles. The van der Waals surface area contributed by atoms with E-state index in [1.165, 1.54) is 4.90 Å². The second-order valence-corrected chi connectivity index (χ2v) is 11.0. The number of carbonyl (C=O) groups is 3. The molecule has 0 radical (unpaired) electrons. The fourth-order valence-electron chi connectivity index (χ4n) is 6.85. The lowest BCUT2D eigenvalue weighted by Gasteiger charge is -2.51. The zero-order valence-corrected chi connectivity index (χ0v) is 22.0. The predicted molar refractivity (Wildman–Crippen MR) is 144 cm³/mol. The number of furan rings is 1. The first kappa shape index (κ1) is 25.8. The summed E-state index contributed by atoms with van der Waals surface area (Å²) in [7, 11) is 3.13. The van der Waals surface area contributed by atoms with Gasteiger partial charge in [0.1, 0.15) is 34.2 Å². The Morgan fingerprint density at radius 2 is 1.80 bits per heavy atom. The standard InChI is InChI=1S/C30H28N2O8/c1-12-14-8-9-15(19-10-13-6-4-5-7-18(13)40-19)24(33)20(14)25(34)21-16(12)11-17-23(32(2)3)26(35)22(29(31)38)28(37)30(17,39)27(21)36/h4-10,12,16-17,23,33-34,37,39H,11H2,1-3H3,(H2,31,38). The van der Waals surface area contributed by atoms with Gasteiger partial charge in [0, 0.05) is 16.9 Å². The molecule has 6 N–H and O–H groups in total. The highest BCUT2D eigenvalue weighted by Crippen LogP contribution is 2.56. The van der Waals surface area contributed by atoms with E-state index in [2.05, 4.69) is 0 Å². The van der Waals surface area contributed by atoms with Gasteiger partial charge in [-0.1, -0.05) is 31.2 Å². The highest BCUT2D eigenvalue weighted by Gasteiger charge is 2.64. The fraction of sp³-hybridized carbons (Fsp3) is 0.300. The van der Waals surface area contributed by atoms with E-state index in [1.54, 1.807) is 38.4 Å². The highest BCUT2D eigenvalue weighted by atomic mass is 16.4. The molecule has 1 aromatic heterocycles. The number of carbonyl (C=O) groups excluding carboxylic acids is 3. The summed E-state index contributed by atoms with van der Waals surface area (Å²) in [5, 5.41) is 46.5. The van der Waals surface area contributed by atoms with Gasteiger partial charge in [-0.2, -0.15) is 0 Å². The minimum absolute atomic E-state index is 0.0155. The monoisotopic (exact) mass is 544 g/mol. The first-order chi connectivity index (χ1) is 18.9. The second-order valence-electron chi connectivity index (χ2n) is 11.0. The second kappa shape index (κ2) is 8.54. The summed E-state index contributed by atoms with van der Waals surface area (Å²) in [4.78, 5) is 40.9. The zero-order valence-electron chi connectivity index (χ0n) is 22.0. The van der Waals surface area contributed by atoms with E-state index in [1.807, 2.05) is 25.1 Å². The number of nitrogens with two attached hydrogens (primary N) is 1. The number of benzene rings is 2. The SMILES string of the molecule is CC1c2ccc(-c3cc4ccccc4o3)c(O)c2C(O)=C2C(=O)C3(O)C(O)=C(C(N)=O)C(=O)C(N(C)C)C3CC21. The van der Waals surface area contributed by atoms with Crippen LogP contribution in [0.25, 0.3) is 28.1 Å². The Morgan fingerprint density at radius 3 is 2.45 bits per heavy atom. The summed E-state index contributed by atoms with van der Waals surface area (Å²) in [5.74, 6) is -6.92. The lowest BCUT2D eigenvalue weighted by molar-refractivity contribution is -0.154. The van der Waals surface area contributed by atoms with Crippen LogP contribution >= 0.6 is 0 Å². The number of fused-ring (bicyclic) bond motifs is 4. The number of phenols is 1. The third kappa shape index (κ3) is 3.20. The Morgan fingerprint density at radius 1 is 1.10 bits per heavy atom. The molecule has 2 aromatic carbocycles. The van der Waals surface area contributed by atoms with E-state index in [-0.39, 0.29) is 23.3 Å². The molecular weight excluding hydrogens is 516 g/mol. The van der Waals surface area contributed by atoms with Crippen LogP contribution in [0.1, 0.15) is 30.4 Å². The number of likely N-dealkylation sites (N-methyl/N-ethyl adjacent to an activating group) is 1. The van der Waals surface area contributed by atoms with Gasteiger partial charge in [0.25, 0.3) is 5.91 Å². The van der Waals surface area contributed by atoms with Gasteiger partial charge in [-0.25, -0.2) is 0 Å². The van der Waals surface area contributed by atoms with Crippen LogP contribution in [0, 0.1) is 11.8 Å². The summed E-state index contributed by atoms with van der Waals surface area (Å²) in [5.41, 5.74) is 3.14. The van der Waals surface area contributed by atoms with Crippen LogP contribution in [0.3, 0.4) is 0 Å². The minimum atomic E-state index is -2.68. The third-order valence-electron chi connectivity index (χ3n) is 8.79. The topological polar surface area (TPSA) is 175 Å². The lowest BCUT2D eigenvalue weighted by atomic mass is 9.55. The number of aliphatic hydroxyl groups excluding tert-OH is 2. The van der Waals surface area contributed by atoms with Gasteiger partial charge >= 0.3 is 0 Å². The normalized spacial score (nSPS) is 28.1. The van der Waals surface area contributed by atoms with Crippen molar-refractivity contribution in [3.05, 3.63) is 70.5 Å². The smallest absolute Gasteiger partial charge is 0.255 e. The van der Waals surface area contributed by atoms with Crippen LogP contribution in [0.2, 0.25) is 0 Å². The number of ketones is 2. The molecule has 6 rings (SSSR count). The highest BCUT2D eigenvalue weighted by molar-refractivity contribution is 6.24. The summed E-state index contributed by atoms with van der Waals surface area (Å²) in [6, 6.07) is 11.4. The summed E-state index contributed by atoms with van der Waals surface area (Å²) in [6.07, 6.45) is 0.0268. The third-order valence-corrected chi connectivity index (χ3v) is 8.79. The van der Waals surface area contributed by atoms with Crippen molar-refractivity contribution >= 4 is 34.2 Å². The van der Waals surface area contributed by atoms with Crippen molar-refractivity contribution in [1.82, 2.24) is 4.90 Å². The van der Waals surface area contributed by atoms with Crippen LogP contribution in [0.4, 0.5) is 0 Å². The van der Waals surface area contributed by atoms with E-state index in [0.29, 0.717) is 22.5 Å². The Balaban J connectivity index is 1.56. The minimum Gasteiger partial charge on any atom is -0.508 e. The van der Waals surface area contributed by atoms with E-state index in [0.717, 1.165) is 5.39 Å². The molecule has 1 amide bonds. The van der Waals surface area contributed by atoms with E-state index < -0.39 is 64.0 Å². The maximum absolute atomic E-state index is 14.1. The summed E-state index contributed by atoms with van der Waals surface area (Å²) < 4.78 is 5.91. The molecule has 1 heterocycles. The van der Waals surface area contributed by atoms with Crippen LogP contribution in [0.15, 0.2) is 63.8 Å². The number of nitrogens with zero attached hydrogens (tertiary/aromatic N) is 1. The molecule has 206 valence electrons. The van der Waals surface area contributed by atoms with E-state index in [4.69, 9.17) is 10.2 Å². The lowest BCUT2D eigenvalue weighted by Crippen LogP contribution is -2.65. The number of primary amides is 1. The van der Waals surface area contributed by atoms with Crippen molar-refractivity contribution in [3.8, 4) is 17.1 Å².